The van der Waals surface area contributed by atoms with Crippen molar-refractivity contribution in [2.24, 2.45) is 0 Å². The molecule has 2 rings (SSSR count). The lowest BCUT2D eigenvalue weighted by Gasteiger charge is -2.08. The second-order valence-corrected chi connectivity index (χ2v) is 4.17. The van der Waals surface area contributed by atoms with Crippen molar-refractivity contribution in [2.45, 2.75) is 20.4 Å². The van der Waals surface area contributed by atoms with Crippen LogP contribution < -0.4 is 10.5 Å². The number of ether oxygens (including phenoxy) is 1. The Balaban J connectivity index is 2.25. The normalized spacial score (nSPS) is 10.5. The fourth-order valence-electron chi connectivity index (χ4n) is 1.83. The fourth-order valence-corrected chi connectivity index (χ4v) is 1.83. The zero-order valence-electron chi connectivity index (χ0n) is 10.4. The molecule has 0 unspecified atom stereocenters. The molecule has 4 heteroatoms. The van der Waals surface area contributed by atoms with Gasteiger partial charge in [0, 0.05) is 5.56 Å². The molecule has 0 saturated heterocycles. The standard InChI is InChI=1S/C13H17N3O/c1-9-6-11(4-5-12(9)17-3)8-16-13(14)10(2)7-15-16/h4-7H,8,14H2,1-3H3. The molecule has 0 amide bonds. The van der Waals surface area contributed by atoms with Crippen molar-refractivity contribution in [3.8, 4) is 5.75 Å². The lowest BCUT2D eigenvalue weighted by atomic mass is 10.1. The zero-order chi connectivity index (χ0) is 12.4. The van der Waals surface area contributed by atoms with Crippen LogP contribution in [0.2, 0.25) is 0 Å². The van der Waals surface area contributed by atoms with Gasteiger partial charge in [-0.3, -0.25) is 0 Å². The highest BCUT2D eigenvalue weighted by molar-refractivity contribution is 5.39. The van der Waals surface area contributed by atoms with Gasteiger partial charge in [-0.15, -0.1) is 0 Å². The maximum absolute atomic E-state index is 5.92. The minimum atomic E-state index is 0.685. The number of rotatable bonds is 3. The number of nitrogens with two attached hydrogens (primary N) is 1. The van der Waals surface area contributed by atoms with Crippen LogP contribution in [0.1, 0.15) is 16.7 Å². The molecule has 0 aliphatic rings. The molecule has 0 aliphatic carbocycles. The molecule has 0 aliphatic heterocycles. The molecule has 0 saturated carbocycles. The Morgan fingerprint density at radius 2 is 2.06 bits per heavy atom. The summed E-state index contributed by atoms with van der Waals surface area (Å²) in [6, 6.07) is 6.09. The van der Waals surface area contributed by atoms with Crippen LogP contribution in [0.4, 0.5) is 5.82 Å². The van der Waals surface area contributed by atoms with Crippen molar-refractivity contribution in [1.82, 2.24) is 9.78 Å². The first-order valence-corrected chi connectivity index (χ1v) is 5.53. The summed E-state index contributed by atoms with van der Waals surface area (Å²) in [5, 5.41) is 4.24. The third-order valence-electron chi connectivity index (χ3n) is 2.86. The topological polar surface area (TPSA) is 53.1 Å². The van der Waals surface area contributed by atoms with Gasteiger partial charge >= 0.3 is 0 Å². The molecule has 0 atom stereocenters. The van der Waals surface area contributed by atoms with Crippen LogP contribution in [0.15, 0.2) is 24.4 Å². The molecule has 90 valence electrons. The number of anilines is 1. The molecule has 0 bridgehead atoms. The van der Waals surface area contributed by atoms with E-state index in [1.807, 2.05) is 26.0 Å². The van der Waals surface area contributed by atoms with Gasteiger partial charge in [0.15, 0.2) is 0 Å². The molecule has 2 N–H and O–H groups in total. The van der Waals surface area contributed by atoms with Crippen LogP contribution in [-0.4, -0.2) is 16.9 Å². The van der Waals surface area contributed by atoms with Crippen molar-refractivity contribution >= 4 is 5.82 Å². The highest BCUT2D eigenvalue weighted by Crippen LogP contribution is 2.20. The smallest absolute Gasteiger partial charge is 0.124 e. The van der Waals surface area contributed by atoms with Crippen LogP contribution in [0.5, 0.6) is 5.75 Å². The van der Waals surface area contributed by atoms with E-state index in [1.165, 1.54) is 0 Å². The van der Waals surface area contributed by atoms with Crippen LogP contribution in [0, 0.1) is 13.8 Å². The van der Waals surface area contributed by atoms with Crippen LogP contribution >= 0.6 is 0 Å². The summed E-state index contributed by atoms with van der Waals surface area (Å²) in [5.41, 5.74) is 9.21. The van der Waals surface area contributed by atoms with Gasteiger partial charge < -0.3 is 10.5 Å². The third-order valence-corrected chi connectivity index (χ3v) is 2.86. The van der Waals surface area contributed by atoms with Gasteiger partial charge in [-0.2, -0.15) is 5.10 Å². The molecule has 1 aromatic carbocycles. The predicted molar refractivity (Wildman–Crippen MR) is 68.2 cm³/mol. The minimum absolute atomic E-state index is 0.685. The van der Waals surface area contributed by atoms with E-state index in [0.29, 0.717) is 6.54 Å². The first-order chi connectivity index (χ1) is 8.11. The summed E-state index contributed by atoms with van der Waals surface area (Å²) in [5.74, 6) is 1.62. The van der Waals surface area contributed by atoms with Gasteiger partial charge in [0.05, 0.1) is 19.9 Å². The van der Waals surface area contributed by atoms with Gasteiger partial charge in [-0.05, 0) is 31.0 Å². The Morgan fingerprint density at radius 3 is 2.59 bits per heavy atom. The van der Waals surface area contributed by atoms with E-state index in [9.17, 15) is 0 Å². The van der Waals surface area contributed by atoms with Crippen molar-refractivity contribution in [1.29, 1.82) is 0 Å². The third kappa shape index (κ3) is 2.25. The lowest BCUT2D eigenvalue weighted by Crippen LogP contribution is -2.06. The summed E-state index contributed by atoms with van der Waals surface area (Å²) in [4.78, 5) is 0. The number of hydrogen-bond acceptors (Lipinski definition) is 3. The summed E-state index contributed by atoms with van der Waals surface area (Å²) in [7, 11) is 1.68. The number of nitrogens with zero attached hydrogens (tertiary/aromatic N) is 2. The zero-order valence-corrected chi connectivity index (χ0v) is 10.4. The van der Waals surface area contributed by atoms with Crippen molar-refractivity contribution in [2.75, 3.05) is 12.8 Å². The van der Waals surface area contributed by atoms with E-state index >= 15 is 0 Å². The van der Waals surface area contributed by atoms with Gasteiger partial charge in [0.2, 0.25) is 0 Å². The maximum atomic E-state index is 5.92. The number of benzene rings is 1. The van der Waals surface area contributed by atoms with E-state index < -0.39 is 0 Å². The minimum Gasteiger partial charge on any atom is -0.496 e. The Morgan fingerprint density at radius 1 is 1.29 bits per heavy atom. The van der Waals surface area contributed by atoms with Crippen LogP contribution in [0.3, 0.4) is 0 Å². The summed E-state index contributed by atoms with van der Waals surface area (Å²) < 4.78 is 7.03. The van der Waals surface area contributed by atoms with Crippen LogP contribution in [-0.2, 0) is 6.54 Å². The molecule has 17 heavy (non-hydrogen) atoms. The van der Waals surface area contributed by atoms with E-state index in [-0.39, 0.29) is 0 Å². The Bertz CT molecular complexity index is 531. The molecular formula is C13H17N3O. The van der Waals surface area contributed by atoms with E-state index in [4.69, 9.17) is 10.5 Å². The van der Waals surface area contributed by atoms with Crippen molar-refractivity contribution in [3.05, 3.63) is 41.1 Å². The number of nitrogen functional groups attached to an aromatic ring is 1. The fraction of sp³-hybridized carbons (Fsp3) is 0.308. The van der Waals surface area contributed by atoms with Gasteiger partial charge in [-0.1, -0.05) is 12.1 Å². The second kappa shape index (κ2) is 4.49. The largest absolute Gasteiger partial charge is 0.496 e. The predicted octanol–water partition coefficient (Wildman–Crippen LogP) is 2.14. The summed E-state index contributed by atoms with van der Waals surface area (Å²) in [6.45, 7) is 4.67. The molecule has 0 spiro atoms. The molecule has 1 heterocycles. The first kappa shape index (κ1) is 11.5. The SMILES string of the molecule is COc1ccc(Cn2ncc(C)c2N)cc1C. The first-order valence-electron chi connectivity index (χ1n) is 5.53. The molecule has 0 fully saturated rings. The summed E-state index contributed by atoms with van der Waals surface area (Å²) >= 11 is 0. The molecule has 0 radical (unpaired) electrons. The van der Waals surface area contributed by atoms with Crippen LogP contribution in [0.25, 0.3) is 0 Å². The van der Waals surface area contributed by atoms with Gasteiger partial charge in [-0.25, -0.2) is 4.68 Å². The molecular weight excluding hydrogens is 214 g/mol. The monoisotopic (exact) mass is 231 g/mol. The summed E-state index contributed by atoms with van der Waals surface area (Å²) in [6.07, 6.45) is 1.78. The number of aryl methyl sites for hydroxylation is 2. The Kier molecular flexibility index (Phi) is 3.04. The van der Waals surface area contributed by atoms with E-state index in [2.05, 4.69) is 11.2 Å². The molecule has 1 aromatic heterocycles. The van der Waals surface area contributed by atoms with Crippen molar-refractivity contribution < 1.29 is 4.74 Å². The van der Waals surface area contributed by atoms with Crippen molar-refractivity contribution in [3.63, 3.8) is 0 Å². The highest BCUT2D eigenvalue weighted by atomic mass is 16.5. The average Bonchev–Trinajstić information content (AvgIpc) is 2.61. The van der Waals surface area contributed by atoms with Gasteiger partial charge in [0.25, 0.3) is 0 Å². The maximum Gasteiger partial charge on any atom is 0.124 e. The molecule has 4 nitrogen and oxygen atoms in total. The number of methoxy groups -OCH3 is 1. The van der Waals surface area contributed by atoms with Gasteiger partial charge in [0.1, 0.15) is 11.6 Å². The molecule has 2 aromatic rings. The average molecular weight is 231 g/mol. The second-order valence-electron chi connectivity index (χ2n) is 4.17. The number of hydrogen-bond donors (Lipinski definition) is 1. The lowest BCUT2D eigenvalue weighted by molar-refractivity contribution is 0.411. The quantitative estimate of drug-likeness (QED) is 0.880. The van der Waals surface area contributed by atoms with E-state index in [1.54, 1.807) is 18.0 Å². The number of aromatic nitrogens is 2. The van der Waals surface area contributed by atoms with E-state index in [0.717, 1.165) is 28.3 Å². The Labute approximate surface area is 101 Å². The Hall–Kier alpha value is -1.97. The highest BCUT2D eigenvalue weighted by Gasteiger charge is 2.05.